The van der Waals surface area contributed by atoms with Crippen LogP contribution in [0.3, 0.4) is 0 Å². The number of thiophene rings is 1. The molecule has 0 aliphatic rings. The van der Waals surface area contributed by atoms with Gasteiger partial charge in [0.15, 0.2) is 0 Å². The average Bonchev–Trinajstić information content (AvgIpc) is 2.62. The summed E-state index contributed by atoms with van der Waals surface area (Å²) in [5.74, 6) is -0.241. The summed E-state index contributed by atoms with van der Waals surface area (Å²) in [6.45, 7) is 3.65. The van der Waals surface area contributed by atoms with Crippen LogP contribution in [0.25, 0.3) is 0 Å². The lowest BCUT2D eigenvalue weighted by Crippen LogP contribution is -1.96. The molecule has 0 radical (unpaired) electrons. The zero-order valence-corrected chi connectivity index (χ0v) is 11.8. The van der Waals surface area contributed by atoms with Crippen LogP contribution in [0.1, 0.15) is 26.9 Å². The Hall–Kier alpha value is -0.570. The minimum absolute atomic E-state index is 0.241. The zero-order valence-electron chi connectivity index (χ0n) is 9.43. The SMILES string of the molecule is Cc1cc(C(Cl)c2cccc(C)c2F)sc1Cl. The van der Waals surface area contributed by atoms with Gasteiger partial charge in [-0.05, 0) is 31.0 Å². The second kappa shape index (κ2) is 4.97. The molecule has 1 aromatic heterocycles. The fourth-order valence-corrected chi connectivity index (χ4v) is 3.21. The summed E-state index contributed by atoms with van der Waals surface area (Å²) in [6.07, 6.45) is 0. The maximum Gasteiger partial charge on any atom is 0.131 e. The van der Waals surface area contributed by atoms with Crippen molar-refractivity contribution in [2.75, 3.05) is 0 Å². The average molecular weight is 289 g/mol. The van der Waals surface area contributed by atoms with E-state index in [2.05, 4.69) is 0 Å². The summed E-state index contributed by atoms with van der Waals surface area (Å²) in [5.41, 5.74) is 2.09. The molecule has 0 aliphatic heterocycles. The van der Waals surface area contributed by atoms with Crippen molar-refractivity contribution in [3.05, 3.63) is 56.0 Å². The monoisotopic (exact) mass is 288 g/mol. The third-order valence-electron chi connectivity index (χ3n) is 2.62. The maximum absolute atomic E-state index is 13.9. The normalized spacial score (nSPS) is 12.8. The topological polar surface area (TPSA) is 0 Å². The van der Waals surface area contributed by atoms with Crippen molar-refractivity contribution in [2.24, 2.45) is 0 Å². The molecule has 0 amide bonds. The Labute approximate surface area is 114 Å². The highest BCUT2D eigenvalue weighted by Crippen LogP contribution is 2.38. The van der Waals surface area contributed by atoms with Crippen molar-refractivity contribution in [3.8, 4) is 0 Å². The van der Waals surface area contributed by atoms with Crippen LogP contribution in [0.4, 0.5) is 4.39 Å². The Morgan fingerprint density at radius 3 is 2.53 bits per heavy atom. The molecule has 0 nitrogen and oxygen atoms in total. The van der Waals surface area contributed by atoms with E-state index in [1.807, 2.05) is 19.1 Å². The van der Waals surface area contributed by atoms with E-state index in [1.54, 1.807) is 19.1 Å². The van der Waals surface area contributed by atoms with Crippen molar-refractivity contribution < 1.29 is 4.39 Å². The van der Waals surface area contributed by atoms with Gasteiger partial charge in [0, 0.05) is 10.4 Å². The van der Waals surface area contributed by atoms with Crippen LogP contribution < -0.4 is 0 Å². The predicted octanol–water partition coefficient (Wildman–Crippen LogP) is 5.49. The molecule has 0 fully saturated rings. The van der Waals surface area contributed by atoms with Crippen molar-refractivity contribution in [3.63, 3.8) is 0 Å². The van der Waals surface area contributed by atoms with Crippen LogP contribution in [0.15, 0.2) is 24.3 Å². The second-order valence-corrected chi connectivity index (χ2v) is 6.07. The van der Waals surface area contributed by atoms with Gasteiger partial charge in [-0.25, -0.2) is 4.39 Å². The first kappa shape index (κ1) is 12.9. The van der Waals surface area contributed by atoms with Gasteiger partial charge in [-0.2, -0.15) is 0 Å². The third kappa shape index (κ3) is 2.49. The first-order chi connectivity index (χ1) is 8.00. The number of rotatable bonds is 2. The highest BCUT2D eigenvalue weighted by atomic mass is 35.5. The summed E-state index contributed by atoms with van der Waals surface area (Å²) in [5, 5.41) is -0.480. The summed E-state index contributed by atoms with van der Waals surface area (Å²) in [7, 11) is 0. The van der Waals surface area contributed by atoms with Gasteiger partial charge in [0.05, 0.1) is 9.71 Å². The van der Waals surface area contributed by atoms with E-state index in [-0.39, 0.29) is 5.82 Å². The van der Waals surface area contributed by atoms with E-state index in [0.717, 1.165) is 10.4 Å². The summed E-state index contributed by atoms with van der Waals surface area (Å²) in [4.78, 5) is 0.874. The van der Waals surface area contributed by atoms with Crippen molar-refractivity contribution >= 4 is 34.5 Å². The Morgan fingerprint density at radius 1 is 1.24 bits per heavy atom. The van der Waals surface area contributed by atoms with Gasteiger partial charge in [0.1, 0.15) is 5.82 Å². The van der Waals surface area contributed by atoms with Gasteiger partial charge in [0.2, 0.25) is 0 Å². The fourth-order valence-electron chi connectivity index (χ4n) is 1.63. The fraction of sp³-hybridized carbons (Fsp3) is 0.231. The van der Waals surface area contributed by atoms with Crippen molar-refractivity contribution in [1.29, 1.82) is 0 Å². The second-order valence-electron chi connectivity index (χ2n) is 3.95. The molecule has 0 bridgehead atoms. The smallest absolute Gasteiger partial charge is 0.131 e. The van der Waals surface area contributed by atoms with Gasteiger partial charge in [0.25, 0.3) is 0 Å². The first-order valence-electron chi connectivity index (χ1n) is 5.15. The zero-order chi connectivity index (χ0) is 12.6. The number of aryl methyl sites for hydroxylation is 2. The molecule has 2 aromatic rings. The minimum Gasteiger partial charge on any atom is -0.206 e. The molecule has 1 aromatic carbocycles. The quantitative estimate of drug-likeness (QED) is 0.642. The lowest BCUT2D eigenvalue weighted by atomic mass is 10.1. The predicted molar refractivity (Wildman–Crippen MR) is 72.9 cm³/mol. The molecular weight excluding hydrogens is 278 g/mol. The Balaban J connectivity index is 2.43. The van der Waals surface area contributed by atoms with E-state index in [1.165, 1.54) is 11.3 Å². The largest absolute Gasteiger partial charge is 0.206 e. The molecule has 0 N–H and O–H groups in total. The summed E-state index contributed by atoms with van der Waals surface area (Å²) < 4.78 is 14.6. The number of benzene rings is 1. The van der Waals surface area contributed by atoms with E-state index < -0.39 is 5.38 Å². The molecule has 1 heterocycles. The number of halogens is 3. The van der Waals surface area contributed by atoms with Gasteiger partial charge in [-0.15, -0.1) is 22.9 Å². The molecule has 4 heteroatoms. The van der Waals surface area contributed by atoms with Gasteiger partial charge >= 0.3 is 0 Å². The minimum atomic E-state index is -0.480. The molecule has 1 unspecified atom stereocenters. The summed E-state index contributed by atoms with van der Waals surface area (Å²) >= 11 is 13.7. The van der Waals surface area contributed by atoms with Crippen molar-refractivity contribution in [2.45, 2.75) is 19.2 Å². The van der Waals surface area contributed by atoms with Crippen LogP contribution in [-0.2, 0) is 0 Å². The van der Waals surface area contributed by atoms with E-state index >= 15 is 0 Å². The molecule has 17 heavy (non-hydrogen) atoms. The van der Waals surface area contributed by atoms with E-state index in [9.17, 15) is 4.39 Å². The molecule has 2 rings (SSSR count). The number of hydrogen-bond donors (Lipinski definition) is 0. The maximum atomic E-state index is 13.9. The van der Waals surface area contributed by atoms with Crippen LogP contribution in [0.5, 0.6) is 0 Å². The van der Waals surface area contributed by atoms with Crippen LogP contribution in [0, 0.1) is 19.7 Å². The molecule has 0 saturated carbocycles. The van der Waals surface area contributed by atoms with E-state index in [0.29, 0.717) is 15.5 Å². The van der Waals surface area contributed by atoms with E-state index in [4.69, 9.17) is 23.2 Å². The Kier molecular flexibility index (Phi) is 3.76. The highest BCUT2D eigenvalue weighted by Gasteiger charge is 2.19. The van der Waals surface area contributed by atoms with Crippen molar-refractivity contribution in [1.82, 2.24) is 0 Å². The van der Waals surface area contributed by atoms with Crippen LogP contribution in [0.2, 0.25) is 4.34 Å². The molecule has 90 valence electrons. The van der Waals surface area contributed by atoms with Gasteiger partial charge in [-0.1, -0.05) is 29.8 Å². The van der Waals surface area contributed by atoms with Gasteiger partial charge in [-0.3, -0.25) is 0 Å². The molecule has 1 atom stereocenters. The third-order valence-corrected chi connectivity index (χ3v) is 4.84. The molecule has 0 aliphatic carbocycles. The lowest BCUT2D eigenvalue weighted by Gasteiger charge is -2.10. The highest BCUT2D eigenvalue weighted by molar-refractivity contribution is 7.16. The summed E-state index contributed by atoms with van der Waals surface area (Å²) in [6, 6.07) is 7.16. The Morgan fingerprint density at radius 2 is 1.94 bits per heavy atom. The van der Waals surface area contributed by atoms with Gasteiger partial charge < -0.3 is 0 Å². The molecule has 0 saturated heterocycles. The molecule has 0 spiro atoms. The van der Waals surface area contributed by atoms with Crippen LogP contribution in [-0.4, -0.2) is 0 Å². The molecular formula is C13H11Cl2FS. The lowest BCUT2D eigenvalue weighted by molar-refractivity contribution is 0.603. The first-order valence-corrected chi connectivity index (χ1v) is 6.78. The number of alkyl halides is 1. The van der Waals surface area contributed by atoms with Crippen LogP contribution >= 0.6 is 34.5 Å². The Bertz CT molecular complexity index is 529. The standard InChI is InChI=1S/C13H11Cl2FS/c1-7-4-3-5-9(12(7)16)11(14)10-6-8(2)13(15)17-10/h3-6,11H,1-2H3. The number of hydrogen-bond acceptors (Lipinski definition) is 1.